The quantitative estimate of drug-likeness (QED) is 0.160. The second kappa shape index (κ2) is 13.9. The molecule has 1 radical (unpaired) electrons. The number of hydrogen-bond donors (Lipinski definition) is 8. The summed E-state index contributed by atoms with van der Waals surface area (Å²) < 4.78 is 0. The molecule has 1 aromatic carbocycles. The van der Waals surface area contributed by atoms with Crippen molar-refractivity contribution < 1.29 is 26.7 Å². The minimum atomic E-state index is -0.135. The molecule has 5 saturated heterocycles. The van der Waals surface area contributed by atoms with Crippen molar-refractivity contribution in [2.75, 3.05) is 0 Å². The van der Waals surface area contributed by atoms with Gasteiger partial charge in [0.15, 0.2) is 0 Å². The van der Waals surface area contributed by atoms with Gasteiger partial charge in [0.05, 0.1) is 60.5 Å². The molecule has 4 saturated carbocycles. The van der Waals surface area contributed by atoms with Crippen molar-refractivity contribution in [3.8, 4) is 0 Å². The summed E-state index contributed by atoms with van der Waals surface area (Å²) >= 11 is 0. The van der Waals surface area contributed by atoms with E-state index in [1.165, 1.54) is 77.0 Å². The van der Waals surface area contributed by atoms with Gasteiger partial charge in [-0.15, -0.1) is 0 Å². The zero-order chi connectivity index (χ0) is 33.8. The first-order valence-electron chi connectivity index (χ1n) is 21.2. The molecule has 0 aromatic heterocycles. The van der Waals surface area contributed by atoms with Gasteiger partial charge in [0.1, 0.15) is 0 Å². The maximum Gasteiger partial charge on any atom is 0.261 e. The van der Waals surface area contributed by atoms with Crippen molar-refractivity contribution >= 4 is 11.8 Å². The van der Waals surface area contributed by atoms with Crippen LogP contribution in [0.5, 0.6) is 0 Å². The molecule has 12 heteroatoms. The number of fused-ring (bicyclic) bond motifs is 21. The predicted molar refractivity (Wildman–Crippen MR) is 193 cm³/mol. The molecule has 0 spiro atoms. The van der Waals surface area contributed by atoms with E-state index in [0.29, 0.717) is 71.0 Å². The first-order valence-corrected chi connectivity index (χ1v) is 21.2. The third-order valence-corrected chi connectivity index (χ3v) is 16.0. The van der Waals surface area contributed by atoms with E-state index in [9.17, 15) is 9.59 Å². The topological polar surface area (TPSA) is 134 Å². The molecule has 17 unspecified atom stereocenters. The molecule has 1 aromatic rings. The van der Waals surface area contributed by atoms with Gasteiger partial charge in [-0.25, -0.2) is 0 Å². The van der Waals surface area contributed by atoms with Crippen LogP contribution in [-0.4, -0.2) is 72.1 Å². The third kappa shape index (κ3) is 5.56. The molecule has 11 rings (SSSR count). The molecule has 8 N–H and O–H groups in total. The largest absolute Gasteiger partial charge is 0.286 e. The Hall–Kier alpha value is -1.44. The first kappa shape index (κ1) is 35.0. The maximum absolute atomic E-state index is 14.0. The molecule has 6 aliphatic heterocycles. The molecular weight excluding hydrogens is 702 g/mol. The van der Waals surface area contributed by atoms with E-state index in [1.807, 2.05) is 24.3 Å². The maximum atomic E-state index is 14.0. The molecule has 6 heterocycles. The molecule has 52 heavy (non-hydrogen) atoms. The van der Waals surface area contributed by atoms with E-state index in [-0.39, 0.29) is 71.7 Å². The summed E-state index contributed by atoms with van der Waals surface area (Å²) in [5, 5.41) is 33.5. The van der Waals surface area contributed by atoms with E-state index in [0.717, 1.165) is 19.3 Å². The molecule has 2 amide bonds. The SMILES string of the molecule is O=C1c2ccccc2C(=O)N1C1CCCC2C3NC4NC(NC5NC(NC6NC(NC(N3)C21)C1CCCCC61)C1CCCCC51)C1CCCCC41.[Cu]. The molecule has 8 bridgehead atoms. The molecular formula is C40H59CuN9O2. The van der Waals surface area contributed by atoms with E-state index in [1.54, 1.807) is 4.90 Å². The zero-order valence-corrected chi connectivity index (χ0v) is 31.2. The Kier molecular flexibility index (Phi) is 9.38. The Morgan fingerprint density at radius 1 is 0.404 bits per heavy atom. The summed E-state index contributed by atoms with van der Waals surface area (Å²) in [6.07, 6.45) is 20.2. The zero-order valence-electron chi connectivity index (χ0n) is 30.3. The van der Waals surface area contributed by atoms with Crippen LogP contribution in [0.25, 0.3) is 0 Å². The van der Waals surface area contributed by atoms with E-state index in [4.69, 9.17) is 0 Å². The fraction of sp³-hybridized carbons (Fsp3) is 0.800. The van der Waals surface area contributed by atoms with Crippen LogP contribution in [0.15, 0.2) is 24.3 Å². The van der Waals surface area contributed by atoms with Gasteiger partial charge in [-0.1, -0.05) is 57.1 Å². The Morgan fingerprint density at radius 2 is 0.712 bits per heavy atom. The van der Waals surface area contributed by atoms with Crippen LogP contribution in [0.3, 0.4) is 0 Å². The van der Waals surface area contributed by atoms with Gasteiger partial charge in [0.2, 0.25) is 0 Å². The van der Waals surface area contributed by atoms with Crippen LogP contribution < -0.4 is 42.5 Å². The minimum absolute atomic E-state index is 0. The summed E-state index contributed by atoms with van der Waals surface area (Å²) in [6.45, 7) is 0. The van der Waals surface area contributed by atoms with E-state index >= 15 is 0 Å². The number of carbonyl (C=O) groups excluding carboxylic acids is 2. The Morgan fingerprint density at radius 3 is 1.08 bits per heavy atom. The Balaban J connectivity index is 0.00000338. The van der Waals surface area contributed by atoms with Gasteiger partial charge >= 0.3 is 0 Å². The van der Waals surface area contributed by atoms with Crippen molar-refractivity contribution in [1.29, 1.82) is 0 Å². The van der Waals surface area contributed by atoms with Crippen molar-refractivity contribution in [2.24, 2.45) is 47.3 Å². The van der Waals surface area contributed by atoms with Crippen molar-refractivity contribution in [1.82, 2.24) is 47.4 Å². The summed E-state index contributed by atoms with van der Waals surface area (Å²) in [5.41, 5.74) is 1.13. The van der Waals surface area contributed by atoms with Crippen LogP contribution in [0.2, 0.25) is 0 Å². The van der Waals surface area contributed by atoms with Gasteiger partial charge in [-0.3, -0.25) is 57.0 Å². The van der Waals surface area contributed by atoms with Crippen LogP contribution in [0.1, 0.15) is 117 Å². The predicted octanol–water partition coefficient (Wildman–Crippen LogP) is 2.88. The summed E-state index contributed by atoms with van der Waals surface area (Å²) in [6, 6.07) is 7.31. The average molecular weight is 762 g/mol. The van der Waals surface area contributed by atoms with E-state index < -0.39 is 0 Å². The van der Waals surface area contributed by atoms with Crippen LogP contribution in [0.4, 0.5) is 0 Å². The number of carbonyl (C=O) groups is 2. The minimum Gasteiger partial charge on any atom is -0.286 e. The smallest absolute Gasteiger partial charge is 0.261 e. The van der Waals surface area contributed by atoms with Gasteiger partial charge in [0, 0.05) is 29.0 Å². The van der Waals surface area contributed by atoms with Crippen molar-refractivity contribution in [3.05, 3.63) is 35.4 Å². The normalized spacial score (nSPS) is 49.4. The van der Waals surface area contributed by atoms with Gasteiger partial charge in [0.25, 0.3) is 11.8 Å². The number of nitrogens with zero attached hydrogens (tertiary/aromatic N) is 1. The molecule has 4 aliphatic carbocycles. The van der Waals surface area contributed by atoms with Crippen molar-refractivity contribution in [2.45, 2.75) is 152 Å². The van der Waals surface area contributed by atoms with Gasteiger partial charge in [-0.05, 0) is 105 Å². The average Bonchev–Trinajstić information content (AvgIpc) is 3.95. The second-order valence-electron chi connectivity index (χ2n) is 18.3. The van der Waals surface area contributed by atoms with Crippen LogP contribution in [0, 0.1) is 47.3 Å². The van der Waals surface area contributed by atoms with Crippen molar-refractivity contribution in [3.63, 3.8) is 0 Å². The third-order valence-electron chi connectivity index (χ3n) is 16.0. The first-order chi connectivity index (χ1) is 25.1. The summed E-state index contributed by atoms with van der Waals surface area (Å²) in [7, 11) is 0. The second-order valence-corrected chi connectivity index (χ2v) is 18.3. The number of benzene rings is 1. The Labute approximate surface area is 319 Å². The summed E-state index contributed by atoms with van der Waals surface area (Å²) in [4.78, 5) is 29.7. The summed E-state index contributed by atoms with van der Waals surface area (Å²) in [5.74, 6) is 3.90. The number of rotatable bonds is 1. The number of hydrogen-bond acceptors (Lipinski definition) is 10. The van der Waals surface area contributed by atoms with Crippen LogP contribution >= 0.6 is 0 Å². The van der Waals surface area contributed by atoms with Gasteiger partial charge in [-0.2, -0.15) is 0 Å². The number of imide groups is 1. The standard InChI is InChI=1S/C40H59N9O2.Cu/c50-39-26-16-7-8-17-27(26)40(51)49(39)29-19-9-18-28-30(29)38-47-36-25-15-6-5-14-24(25)34(45-36)43-32-21-11-2-1-10-20(21)31(41-32)42-33-22-12-3-4-13-23(22)35(44-33)46-37(28)48-38;/h7-8,16-17,20-25,28-38,41-48H,1-6,9-15,18-19H2;. The molecule has 10 aliphatic rings. The number of amides is 2. The van der Waals surface area contributed by atoms with E-state index in [2.05, 4.69) is 42.5 Å². The molecule has 9 fully saturated rings. The fourth-order valence-corrected chi connectivity index (χ4v) is 13.8. The van der Waals surface area contributed by atoms with Gasteiger partial charge < -0.3 is 0 Å². The Bertz CT molecular complexity index is 1500. The molecule has 11 nitrogen and oxygen atoms in total. The molecule has 287 valence electrons. The fourth-order valence-electron chi connectivity index (χ4n) is 13.8. The number of nitrogens with one attached hydrogen (secondary N) is 8. The van der Waals surface area contributed by atoms with Crippen LogP contribution in [-0.2, 0) is 17.1 Å². The molecule has 17 atom stereocenters. The monoisotopic (exact) mass is 760 g/mol.